The molecular formula is C26H36O10. The lowest BCUT2D eigenvalue weighted by molar-refractivity contribution is -0.152. The Kier molecular flexibility index (Phi) is 9.89. The van der Waals surface area contributed by atoms with E-state index < -0.39 is 42.3 Å². The number of ether oxygens (including phenoxy) is 8. The SMILES string of the molecule is COCOc1cc(OC)cc2c1C(=O)O[C@@H](C)[C@H](OCOC)C=CC(O)[C@H]1OC(C)(C)O[C@H]1CC=C2. The third-order valence-electron chi connectivity index (χ3n) is 5.73. The first-order valence-corrected chi connectivity index (χ1v) is 11.7. The van der Waals surface area contributed by atoms with Crippen LogP contribution in [0, 0.1) is 0 Å². The highest BCUT2D eigenvalue weighted by Gasteiger charge is 2.43. The fourth-order valence-electron chi connectivity index (χ4n) is 4.10. The van der Waals surface area contributed by atoms with Gasteiger partial charge in [-0.05, 0) is 38.8 Å². The first kappa shape index (κ1) is 28.1. The molecule has 1 unspecified atom stereocenters. The Hall–Kier alpha value is -2.47. The summed E-state index contributed by atoms with van der Waals surface area (Å²) in [5.41, 5.74) is 0.734. The van der Waals surface area contributed by atoms with Gasteiger partial charge in [0.2, 0.25) is 0 Å². The van der Waals surface area contributed by atoms with Gasteiger partial charge >= 0.3 is 5.97 Å². The van der Waals surface area contributed by atoms with Crippen LogP contribution >= 0.6 is 0 Å². The zero-order valence-electron chi connectivity index (χ0n) is 21.6. The molecule has 0 saturated carbocycles. The lowest BCUT2D eigenvalue weighted by Gasteiger charge is -2.24. The normalized spacial score (nSPS) is 28.1. The van der Waals surface area contributed by atoms with Crippen LogP contribution < -0.4 is 9.47 Å². The van der Waals surface area contributed by atoms with Crippen molar-refractivity contribution in [3.05, 3.63) is 41.5 Å². The number of carbonyl (C=O) groups is 1. The van der Waals surface area contributed by atoms with Gasteiger partial charge in [0.1, 0.15) is 48.3 Å². The van der Waals surface area contributed by atoms with Gasteiger partial charge in [-0.15, -0.1) is 0 Å². The Morgan fingerprint density at radius 2 is 1.83 bits per heavy atom. The minimum atomic E-state index is -0.980. The second kappa shape index (κ2) is 12.7. The molecule has 2 heterocycles. The molecule has 3 rings (SSSR count). The second-order valence-corrected chi connectivity index (χ2v) is 8.94. The van der Waals surface area contributed by atoms with Crippen molar-refractivity contribution in [3.8, 4) is 11.5 Å². The summed E-state index contributed by atoms with van der Waals surface area (Å²) in [4.78, 5) is 13.4. The van der Waals surface area contributed by atoms with Gasteiger partial charge in [0.25, 0.3) is 0 Å². The number of fused-ring (bicyclic) bond motifs is 2. The molecule has 0 aliphatic carbocycles. The summed E-state index contributed by atoms with van der Waals surface area (Å²) in [5.74, 6) is -0.745. The van der Waals surface area contributed by atoms with E-state index in [1.807, 2.05) is 6.08 Å². The van der Waals surface area contributed by atoms with E-state index in [4.69, 9.17) is 37.9 Å². The zero-order chi connectivity index (χ0) is 26.3. The zero-order valence-corrected chi connectivity index (χ0v) is 21.6. The topological polar surface area (TPSA) is 111 Å². The third kappa shape index (κ3) is 7.06. The molecule has 2 aliphatic heterocycles. The Bertz CT molecular complexity index is 941. The average molecular weight is 509 g/mol. The maximum atomic E-state index is 13.4. The molecule has 0 bridgehead atoms. The molecule has 0 amide bonds. The molecule has 36 heavy (non-hydrogen) atoms. The first-order chi connectivity index (χ1) is 17.2. The molecule has 10 nitrogen and oxygen atoms in total. The Morgan fingerprint density at radius 1 is 1.08 bits per heavy atom. The van der Waals surface area contributed by atoms with E-state index in [9.17, 15) is 9.90 Å². The number of aliphatic hydroxyl groups is 1. The highest BCUT2D eigenvalue weighted by molar-refractivity contribution is 5.97. The molecule has 200 valence electrons. The van der Waals surface area contributed by atoms with Crippen LogP contribution in [0.25, 0.3) is 6.08 Å². The minimum absolute atomic E-state index is 0.0373. The summed E-state index contributed by atoms with van der Waals surface area (Å²) in [6.07, 6.45) is 3.76. The minimum Gasteiger partial charge on any atom is -0.497 e. The van der Waals surface area contributed by atoms with Crippen molar-refractivity contribution < 1.29 is 47.8 Å². The van der Waals surface area contributed by atoms with E-state index in [0.717, 1.165) is 0 Å². The van der Waals surface area contributed by atoms with Gasteiger partial charge in [-0.25, -0.2) is 4.79 Å². The number of rotatable bonds is 7. The Balaban J connectivity index is 2.07. The molecular weight excluding hydrogens is 472 g/mol. The standard InChI is InChI=1S/C26H36O10/c1-16-20(32-14-29-4)11-10-19(27)24-21(35-26(2,3)36-24)9-7-8-17-12-18(31-6)13-22(33-15-30-5)23(17)25(28)34-16/h7-8,10-13,16,19-21,24,27H,9,14-15H2,1-6H3/t16-,19?,20+,21-,24+/m0/s1. The predicted molar refractivity (Wildman–Crippen MR) is 130 cm³/mol. The summed E-state index contributed by atoms with van der Waals surface area (Å²) in [6, 6.07) is 3.31. The lowest BCUT2D eigenvalue weighted by atomic mass is 10.0. The summed E-state index contributed by atoms with van der Waals surface area (Å²) < 4.78 is 44.7. The van der Waals surface area contributed by atoms with Crippen molar-refractivity contribution in [2.24, 2.45) is 0 Å². The number of hydrogen-bond donors (Lipinski definition) is 1. The predicted octanol–water partition coefficient (Wildman–Crippen LogP) is 3.07. The van der Waals surface area contributed by atoms with Crippen LogP contribution in [0.3, 0.4) is 0 Å². The molecule has 10 heteroatoms. The lowest BCUT2D eigenvalue weighted by Crippen LogP contribution is -2.35. The maximum absolute atomic E-state index is 13.4. The molecule has 0 spiro atoms. The average Bonchev–Trinajstić information content (AvgIpc) is 3.15. The van der Waals surface area contributed by atoms with Crippen LogP contribution in [-0.4, -0.2) is 82.3 Å². The van der Waals surface area contributed by atoms with Gasteiger partial charge in [-0.2, -0.15) is 0 Å². The van der Waals surface area contributed by atoms with E-state index in [1.54, 1.807) is 51.1 Å². The van der Waals surface area contributed by atoms with Crippen molar-refractivity contribution in [2.75, 3.05) is 34.9 Å². The van der Waals surface area contributed by atoms with Crippen LogP contribution in [0.1, 0.15) is 43.1 Å². The molecule has 5 atom stereocenters. The van der Waals surface area contributed by atoms with Gasteiger partial charge in [0.05, 0.1) is 13.2 Å². The van der Waals surface area contributed by atoms with Crippen molar-refractivity contribution in [1.29, 1.82) is 0 Å². The van der Waals surface area contributed by atoms with Gasteiger partial charge in [0, 0.05) is 20.3 Å². The number of cyclic esters (lactones) is 1. The molecule has 0 radical (unpaired) electrons. The number of hydrogen-bond acceptors (Lipinski definition) is 10. The molecule has 1 saturated heterocycles. The fourth-order valence-corrected chi connectivity index (χ4v) is 4.10. The van der Waals surface area contributed by atoms with Gasteiger partial charge < -0.3 is 43.0 Å². The molecule has 1 aromatic rings. The van der Waals surface area contributed by atoms with Crippen molar-refractivity contribution in [3.63, 3.8) is 0 Å². The number of methoxy groups -OCH3 is 3. The fraction of sp³-hybridized carbons (Fsp3) is 0.577. The van der Waals surface area contributed by atoms with Crippen LogP contribution in [0.5, 0.6) is 11.5 Å². The van der Waals surface area contributed by atoms with E-state index in [2.05, 4.69) is 0 Å². The van der Waals surface area contributed by atoms with Crippen LogP contribution in [0.2, 0.25) is 0 Å². The van der Waals surface area contributed by atoms with Crippen LogP contribution in [0.15, 0.2) is 30.4 Å². The number of benzene rings is 1. The van der Waals surface area contributed by atoms with Crippen molar-refractivity contribution in [1.82, 2.24) is 0 Å². The first-order valence-electron chi connectivity index (χ1n) is 11.7. The molecule has 0 aromatic heterocycles. The van der Waals surface area contributed by atoms with Crippen LogP contribution in [-0.2, 0) is 28.4 Å². The van der Waals surface area contributed by atoms with Gasteiger partial charge in [-0.1, -0.05) is 24.3 Å². The van der Waals surface area contributed by atoms with Crippen LogP contribution in [0.4, 0.5) is 0 Å². The number of aliphatic hydroxyl groups excluding tert-OH is 1. The Morgan fingerprint density at radius 3 is 2.53 bits per heavy atom. The number of esters is 1. The second-order valence-electron chi connectivity index (χ2n) is 8.94. The van der Waals surface area contributed by atoms with Gasteiger partial charge in [0.15, 0.2) is 12.6 Å². The Labute approximate surface area is 211 Å². The van der Waals surface area contributed by atoms with Gasteiger partial charge in [-0.3, -0.25) is 0 Å². The maximum Gasteiger partial charge on any atom is 0.342 e. The smallest absolute Gasteiger partial charge is 0.342 e. The largest absolute Gasteiger partial charge is 0.497 e. The van der Waals surface area contributed by atoms with Crippen molar-refractivity contribution in [2.45, 2.75) is 63.5 Å². The summed E-state index contributed by atoms with van der Waals surface area (Å²) in [6.45, 7) is 5.18. The summed E-state index contributed by atoms with van der Waals surface area (Å²) >= 11 is 0. The summed E-state index contributed by atoms with van der Waals surface area (Å²) in [5, 5.41) is 10.9. The molecule has 2 aliphatic rings. The summed E-state index contributed by atoms with van der Waals surface area (Å²) in [7, 11) is 4.50. The number of carbonyl (C=O) groups excluding carboxylic acids is 1. The monoisotopic (exact) mass is 508 g/mol. The quantitative estimate of drug-likeness (QED) is 0.335. The van der Waals surface area contributed by atoms with E-state index in [-0.39, 0.29) is 24.9 Å². The molecule has 1 N–H and O–H groups in total. The van der Waals surface area contributed by atoms with E-state index in [1.165, 1.54) is 21.3 Å². The highest BCUT2D eigenvalue weighted by Crippen LogP contribution is 2.34. The molecule has 1 fully saturated rings. The van der Waals surface area contributed by atoms with Crippen molar-refractivity contribution >= 4 is 12.0 Å². The van der Waals surface area contributed by atoms with E-state index >= 15 is 0 Å². The highest BCUT2D eigenvalue weighted by atomic mass is 16.8. The van der Waals surface area contributed by atoms with E-state index in [0.29, 0.717) is 17.7 Å². The third-order valence-corrected chi connectivity index (χ3v) is 5.73. The molecule has 1 aromatic carbocycles.